The number of pyridine rings is 1. The number of benzene rings is 1. The van der Waals surface area contributed by atoms with Crippen molar-refractivity contribution in [1.82, 2.24) is 4.98 Å². The van der Waals surface area contributed by atoms with Gasteiger partial charge in [0.2, 0.25) is 0 Å². The number of nitrogens with zero attached hydrogens (tertiary/aromatic N) is 1. The third-order valence-corrected chi connectivity index (χ3v) is 3.88. The third kappa shape index (κ3) is 3.29. The highest BCUT2D eigenvalue weighted by atomic mass is 79.9. The number of ether oxygens (including phenoxy) is 1. The molecule has 0 aliphatic carbocycles. The molecule has 2 aromatic rings. The van der Waals surface area contributed by atoms with Gasteiger partial charge in [-0.2, -0.15) is 0 Å². The van der Waals surface area contributed by atoms with E-state index in [1.54, 1.807) is 0 Å². The van der Waals surface area contributed by atoms with Crippen LogP contribution in [0, 0.1) is 0 Å². The number of hydrogen-bond acceptors (Lipinski definition) is 4. The molecular formula is C16H18BrN3O. The fourth-order valence-electron chi connectivity index (χ4n) is 2.49. The molecule has 0 saturated carbocycles. The monoisotopic (exact) mass is 347 g/mol. The highest BCUT2D eigenvalue weighted by molar-refractivity contribution is 9.10. The summed E-state index contributed by atoms with van der Waals surface area (Å²) in [7, 11) is 0. The van der Waals surface area contributed by atoms with Crippen LogP contribution in [-0.4, -0.2) is 18.1 Å². The number of hydrogen-bond donors (Lipinski definition) is 2. The van der Waals surface area contributed by atoms with Crippen LogP contribution >= 0.6 is 15.9 Å². The summed E-state index contributed by atoms with van der Waals surface area (Å²) in [6.45, 7) is 4.43. The first-order valence-corrected chi connectivity index (χ1v) is 7.93. The van der Waals surface area contributed by atoms with Crippen molar-refractivity contribution in [3.8, 4) is 5.75 Å². The van der Waals surface area contributed by atoms with Gasteiger partial charge in [-0.3, -0.25) is 0 Å². The maximum atomic E-state index is 5.75. The predicted octanol–water partition coefficient (Wildman–Crippen LogP) is 3.82. The van der Waals surface area contributed by atoms with E-state index in [0.29, 0.717) is 0 Å². The zero-order valence-corrected chi connectivity index (χ0v) is 13.5. The minimum atomic E-state index is 0.733. The van der Waals surface area contributed by atoms with Crippen molar-refractivity contribution in [2.24, 2.45) is 0 Å². The number of rotatable bonds is 5. The first kappa shape index (κ1) is 14.2. The second-order valence-corrected chi connectivity index (χ2v) is 5.88. The lowest BCUT2D eigenvalue weighted by molar-refractivity contribution is 0.354. The molecule has 0 bridgehead atoms. The van der Waals surface area contributed by atoms with Gasteiger partial charge < -0.3 is 15.4 Å². The SMILES string of the molecule is CCNc1cc(NCc2cc(Br)cc3c2OCC3)ccn1. The van der Waals surface area contributed by atoms with Gasteiger partial charge in [0.05, 0.1) is 6.61 Å². The third-order valence-electron chi connectivity index (χ3n) is 3.43. The van der Waals surface area contributed by atoms with Crippen LogP contribution in [0.3, 0.4) is 0 Å². The number of aromatic nitrogens is 1. The Labute approximate surface area is 133 Å². The van der Waals surface area contributed by atoms with Gasteiger partial charge in [-0.25, -0.2) is 4.98 Å². The van der Waals surface area contributed by atoms with Gasteiger partial charge in [0.1, 0.15) is 11.6 Å². The molecule has 1 aromatic heterocycles. The highest BCUT2D eigenvalue weighted by Gasteiger charge is 2.17. The summed E-state index contributed by atoms with van der Waals surface area (Å²) >= 11 is 3.57. The second kappa shape index (κ2) is 6.35. The summed E-state index contributed by atoms with van der Waals surface area (Å²) in [5, 5.41) is 6.65. The summed E-state index contributed by atoms with van der Waals surface area (Å²) in [5.74, 6) is 1.92. The van der Waals surface area contributed by atoms with Crippen LogP contribution in [0.25, 0.3) is 0 Å². The molecule has 0 amide bonds. The van der Waals surface area contributed by atoms with E-state index in [9.17, 15) is 0 Å². The molecule has 0 fully saturated rings. The Balaban J connectivity index is 1.75. The standard InChI is InChI=1S/C16H18BrN3O/c1-2-18-15-9-14(3-5-19-15)20-10-12-8-13(17)7-11-4-6-21-16(11)12/h3,5,7-9H,2,4,6,10H2,1H3,(H2,18,19,20). The van der Waals surface area contributed by atoms with Crippen LogP contribution in [0.2, 0.25) is 0 Å². The molecule has 5 heteroatoms. The molecule has 21 heavy (non-hydrogen) atoms. The molecule has 0 unspecified atom stereocenters. The lowest BCUT2D eigenvalue weighted by Crippen LogP contribution is -2.04. The Morgan fingerprint density at radius 1 is 1.29 bits per heavy atom. The molecule has 0 spiro atoms. The van der Waals surface area contributed by atoms with Crippen molar-refractivity contribution in [1.29, 1.82) is 0 Å². The second-order valence-electron chi connectivity index (χ2n) is 4.97. The molecule has 1 aliphatic rings. The molecule has 110 valence electrons. The van der Waals surface area contributed by atoms with E-state index in [2.05, 4.69) is 50.6 Å². The summed E-state index contributed by atoms with van der Waals surface area (Å²) in [6, 6.07) is 8.24. The Morgan fingerprint density at radius 3 is 3.05 bits per heavy atom. The zero-order chi connectivity index (χ0) is 14.7. The van der Waals surface area contributed by atoms with Crippen molar-refractivity contribution in [3.05, 3.63) is 46.1 Å². The van der Waals surface area contributed by atoms with E-state index in [-0.39, 0.29) is 0 Å². The Morgan fingerprint density at radius 2 is 2.19 bits per heavy atom. The van der Waals surface area contributed by atoms with Crippen LogP contribution in [0.15, 0.2) is 34.9 Å². The molecule has 0 saturated heterocycles. The first-order valence-electron chi connectivity index (χ1n) is 7.14. The molecule has 1 aliphatic heterocycles. The largest absolute Gasteiger partial charge is 0.493 e. The van der Waals surface area contributed by atoms with Crippen LogP contribution in [-0.2, 0) is 13.0 Å². The Kier molecular flexibility index (Phi) is 4.29. The highest BCUT2D eigenvalue weighted by Crippen LogP contribution is 2.33. The maximum Gasteiger partial charge on any atom is 0.127 e. The van der Waals surface area contributed by atoms with Gasteiger partial charge in [-0.15, -0.1) is 0 Å². The summed E-state index contributed by atoms with van der Waals surface area (Å²) in [4.78, 5) is 4.27. The topological polar surface area (TPSA) is 46.2 Å². The van der Waals surface area contributed by atoms with Gasteiger partial charge in [0, 0.05) is 47.5 Å². The first-order chi connectivity index (χ1) is 10.3. The van der Waals surface area contributed by atoms with Crippen molar-refractivity contribution in [3.63, 3.8) is 0 Å². The van der Waals surface area contributed by atoms with E-state index in [0.717, 1.165) is 47.8 Å². The predicted molar refractivity (Wildman–Crippen MR) is 89.1 cm³/mol. The number of nitrogens with one attached hydrogen (secondary N) is 2. The maximum absolute atomic E-state index is 5.75. The lowest BCUT2D eigenvalue weighted by Gasteiger charge is -2.12. The van der Waals surface area contributed by atoms with Gasteiger partial charge in [0.15, 0.2) is 0 Å². The van der Waals surface area contributed by atoms with Gasteiger partial charge in [-0.1, -0.05) is 15.9 Å². The number of fused-ring (bicyclic) bond motifs is 1. The Hall–Kier alpha value is -1.75. The van der Waals surface area contributed by atoms with Crippen LogP contribution < -0.4 is 15.4 Å². The van der Waals surface area contributed by atoms with Gasteiger partial charge in [0.25, 0.3) is 0 Å². The van der Waals surface area contributed by atoms with Crippen molar-refractivity contribution in [2.45, 2.75) is 19.9 Å². The molecular weight excluding hydrogens is 330 g/mol. The quantitative estimate of drug-likeness (QED) is 0.862. The average Bonchev–Trinajstić information content (AvgIpc) is 2.93. The molecule has 2 N–H and O–H groups in total. The zero-order valence-electron chi connectivity index (χ0n) is 11.9. The summed E-state index contributed by atoms with van der Waals surface area (Å²) in [6.07, 6.45) is 2.80. The lowest BCUT2D eigenvalue weighted by atomic mass is 10.1. The summed E-state index contributed by atoms with van der Waals surface area (Å²) in [5.41, 5.74) is 3.51. The van der Waals surface area contributed by atoms with Gasteiger partial charge >= 0.3 is 0 Å². The normalized spacial score (nSPS) is 12.7. The van der Waals surface area contributed by atoms with Crippen molar-refractivity contribution >= 4 is 27.4 Å². The molecule has 4 nitrogen and oxygen atoms in total. The molecule has 1 aromatic carbocycles. The number of anilines is 2. The fourth-order valence-corrected chi connectivity index (χ4v) is 3.05. The van der Waals surface area contributed by atoms with E-state index in [1.807, 2.05) is 18.3 Å². The molecule has 0 atom stereocenters. The fraction of sp³-hybridized carbons (Fsp3) is 0.312. The van der Waals surface area contributed by atoms with Crippen molar-refractivity contribution < 1.29 is 4.74 Å². The smallest absolute Gasteiger partial charge is 0.127 e. The van der Waals surface area contributed by atoms with E-state index in [4.69, 9.17) is 4.74 Å². The molecule has 2 heterocycles. The summed E-state index contributed by atoms with van der Waals surface area (Å²) < 4.78 is 6.85. The Bertz CT molecular complexity index is 645. The van der Waals surface area contributed by atoms with E-state index in [1.165, 1.54) is 11.1 Å². The van der Waals surface area contributed by atoms with Crippen LogP contribution in [0.4, 0.5) is 11.5 Å². The van der Waals surface area contributed by atoms with Crippen LogP contribution in [0.1, 0.15) is 18.1 Å². The van der Waals surface area contributed by atoms with E-state index >= 15 is 0 Å². The van der Waals surface area contributed by atoms with E-state index < -0.39 is 0 Å². The number of halogens is 1. The minimum Gasteiger partial charge on any atom is -0.493 e. The van der Waals surface area contributed by atoms with Crippen LogP contribution in [0.5, 0.6) is 5.75 Å². The molecule has 3 rings (SSSR count). The van der Waals surface area contributed by atoms with Gasteiger partial charge in [-0.05, 0) is 30.7 Å². The minimum absolute atomic E-state index is 0.733. The molecule has 0 radical (unpaired) electrons. The average molecular weight is 348 g/mol. The van der Waals surface area contributed by atoms with Crippen molar-refractivity contribution in [2.75, 3.05) is 23.8 Å².